The summed E-state index contributed by atoms with van der Waals surface area (Å²) in [5.74, 6) is 1.96. The van der Waals surface area contributed by atoms with Gasteiger partial charge < -0.3 is 10.3 Å². The fourth-order valence-corrected chi connectivity index (χ4v) is 2.08. The van der Waals surface area contributed by atoms with E-state index < -0.39 is 0 Å². The number of imidazole rings is 1. The highest BCUT2D eigenvalue weighted by Gasteiger charge is 2.17. The summed E-state index contributed by atoms with van der Waals surface area (Å²) in [6.45, 7) is 6.18. The maximum Gasteiger partial charge on any atom is 0.138 e. The van der Waals surface area contributed by atoms with Gasteiger partial charge in [-0.05, 0) is 19.4 Å². The molecule has 0 aromatic carbocycles. The van der Waals surface area contributed by atoms with Crippen molar-refractivity contribution in [2.45, 2.75) is 45.7 Å². The minimum absolute atomic E-state index is 0.162. The molecule has 2 aromatic rings. The van der Waals surface area contributed by atoms with Crippen molar-refractivity contribution in [2.24, 2.45) is 0 Å². The Morgan fingerprint density at radius 2 is 2.21 bits per heavy atom. The molecular formula is C13H22N6. The Labute approximate surface area is 113 Å². The van der Waals surface area contributed by atoms with Crippen LogP contribution < -0.4 is 5.32 Å². The van der Waals surface area contributed by atoms with E-state index in [0.29, 0.717) is 0 Å². The van der Waals surface area contributed by atoms with E-state index in [1.165, 1.54) is 0 Å². The van der Waals surface area contributed by atoms with Crippen LogP contribution in [0.15, 0.2) is 18.7 Å². The van der Waals surface area contributed by atoms with Gasteiger partial charge in [0.1, 0.15) is 18.0 Å². The van der Waals surface area contributed by atoms with Gasteiger partial charge in [0.2, 0.25) is 0 Å². The van der Waals surface area contributed by atoms with Crippen LogP contribution >= 0.6 is 0 Å². The summed E-state index contributed by atoms with van der Waals surface area (Å²) >= 11 is 0. The topological polar surface area (TPSA) is 71.4 Å². The summed E-state index contributed by atoms with van der Waals surface area (Å²) < 4.78 is 1.98. The lowest BCUT2D eigenvalue weighted by molar-refractivity contribution is 0.474. The zero-order valence-electron chi connectivity index (χ0n) is 11.6. The molecule has 0 fully saturated rings. The normalized spacial score (nSPS) is 12.7. The Balaban J connectivity index is 2.08. The SMILES string of the molecule is CCCNC(Cc1ncnn1CCC)c1ncc[nH]1. The smallest absolute Gasteiger partial charge is 0.138 e. The zero-order chi connectivity index (χ0) is 13.5. The molecule has 0 radical (unpaired) electrons. The van der Waals surface area contributed by atoms with Gasteiger partial charge in [-0.2, -0.15) is 5.10 Å². The van der Waals surface area contributed by atoms with E-state index in [9.17, 15) is 0 Å². The van der Waals surface area contributed by atoms with Crippen molar-refractivity contribution in [2.75, 3.05) is 6.54 Å². The van der Waals surface area contributed by atoms with Gasteiger partial charge in [0.05, 0.1) is 6.04 Å². The van der Waals surface area contributed by atoms with Crippen LogP contribution in [-0.2, 0) is 13.0 Å². The minimum Gasteiger partial charge on any atom is -0.347 e. The maximum atomic E-state index is 4.36. The molecule has 2 aromatic heterocycles. The van der Waals surface area contributed by atoms with Crippen LogP contribution in [0.25, 0.3) is 0 Å². The third-order valence-electron chi connectivity index (χ3n) is 3.01. The number of aromatic nitrogens is 5. The summed E-state index contributed by atoms with van der Waals surface area (Å²) in [6.07, 6.45) is 8.22. The molecule has 104 valence electrons. The van der Waals surface area contributed by atoms with Crippen LogP contribution in [0.3, 0.4) is 0 Å². The molecule has 1 unspecified atom stereocenters. The van der Waals surface area contributed by atoms with Crippen molar-refractivity contribution in [1.82, 2.24) is 30.0 Å². The third kappa shape index (κ3) is 3.64. The number of aromatic amines is 1. The first kappa shape index (κ1) is 13.7. The number of aryl methyl sites for hydroxylation is 1. The summed E-state index contributed by atoms with van der Waals surface area (Å²) in [5.41, 5.74) is 0. The predicted molar refractivity (Wildman–Crippen MR) is 73.6 cm³/mol. The van der Waals surface area contributed by atoms with E-state index in [2.05, 4.69) is 39.2 Å². The van der Waals surface area contributed by atoms with E-state index in [0.717, 1.165) is 44.0 Å². The minimum atomic E-state index is 0.162. The molecule has 0 bridgehead atoms. The summed E-state index contributed by atoms with van der Waals surface area (Å²) in [5, 5.41) is 7.77. The van der Waals surface area contributed by atoms with Gasteiger partial charge in [0.15, 0.2) is 0 Å². The number of hydrogen-bond acceptors (Lipinski definition) is 4. The Bertz CT molecular complexity index is 461. The van der Waals surface area contributed by atoms with Gasteiger partial charge in [-0.25, -0.2) is 9.97 Å². The molecule has 0 saturated heterocycles. The summed E-state index contributed by atoms with van der Waals surface area (Å²) in [7, 11) is 0. The highest BCUT2D eigenvalue weighted by atomic mass is 15.3. The van der Waals surface area contributed by atoms with Gasteiger partial charge in [-0.1, -0.05) is 13.8 Å². The maximum absolute atomic E-state index is 4.36. The lowest BCUT2D eigenvalue weighted by Crippen LogP contribution is -2.26. The van der Waals surface area contributed by atoms with Crippen molar-refractivity contribution in [3.63, 3.8) is 0 Å². The molecule has 0 spiro atoms. The molecular weight excluding hydrogens is 240 g/mol. The summed E-state index contributed by atoms with van der Waals surface area (Å²) in [4.78, 5) is 11.9. The molecule has 0 amide bonds. The van der Waals surface area contributed by atoms with E-state index >= 15 is 0 Å². The zero-order valence-corrected chi connectivity index (χ0v) is 11.6. The highest BCUT2D eigenvalue weighted by molar-refractivity contribution is 5.01. The van der Waals surface area contributed by atoms with Gasteiger partial charge >= 0.3 is 0 Å². The van der Waals surface area contributed by atoms with Crippen LogP contribution in [0.2, 0.25) is 0 Å². The average molecular weight is 262 g/mol. The second kappa shape index (κ2) is 7.04. The number of hydrogen-bond donors (Lipinski definition) is 2. The fraction of sp³-hybridized carbons (Fsp3) is 0.615. The predicted octanol–water partition coefficient (Wildman–Crippen LogP) is 1.69. The molecule has 0 saturated carbocycles. The van der Waals surface area contributed by atoms with Crippen molar-refractivity contribution >= 4 is 0 Å². The average Bonchev–Trinajstić information content (AvgIpc) is 3.06. The second-order valence-corrected chi connectivity index (χ2v) is 4.58. The first-order valence-corrected chi connectivity index (χ1v) is 6.94. The number of rotatable bonds is 8. The third-order valence-corrected chi connectivity index (χ3v) is 3.01. The van der Waals surface area contributed by atoms with Crippen LogP contribution in [0.1, 0.15) is 44.4 Å². The van der Waals surface area contributed by atoms with Gasteiger partial charge in [0, 0.05) is 25.4 Å². The van der Waals surface area contributed by atoms with Crippen LogP contribution in [0.5, 0.6) is 0 Å². The van der Waals surface area contributed by atoms with Crippen LogP contribution in [0, 0.1) is 0 Å². The molecule has 6 nitrogen and oxygen atoms in total. The van der Waals surface area contributed by atoms with Gasteiger partial charge in [0.25, 0.3) is 0 Å². The van der Waals surface area contributed by atoms with Crippen LogP contribution in [-0.4, -0.2) is 31.3 Å². The Kier molecular flexibility index (Phi) is 5.09. The largest absolute Gasteiger partial charge is 0.347 e. The molecule has 2 heterocycles. The van der Waals surface area contributed by atoms with E-state index in [4.69, 9.17) is 0 Å². The lowest BCUT2D eigenvalue weighted by atomic mass is 10.1. The van der Waals surface area contributed by atoms with Gasteiger partial charge in [-0.3, -0.25) is 4.68 Å². The number of H-pyrrole nitrogens is 1. The van der Waals surface area contributed by atoms with Crippen molar-refractivity contribution in [3.05, 3.63) is 30.4 Å². The first-order valence-electron chi connectivity index (χ1n) is 6.94. The van der Waals surface area contributed by atoms with Crippen molar-refractivity contribution in [3.8, 4) is 0 Å². The number of nitrogens with one attached hydrogen (secondary N) is 2. The Morgan fingerprint density at radius 3 is 2.89 bits per heavy atom. The molecule has 1 atom stereocenters. The van der Waals surface area contributed by atoms with E-state index in [1.807, 2.05) is 10.9 Å². The molecule has 6 heteroatoms. The second-order valence-electron chi connectivity index (χ2n) is 4.58. The molecule has 2 N–H and O–H groups in total. The quantitative estimate of drug-likeness (QED) is 0.759. The van der Waals surface area contributed by atoms with E-state index in [-0.39, 0.29) is 6.04 Å². The fourth-order valence-electron chi connectivity index (χ4n) is 2.08. The lowest BCUT2D eigenvalue weighted by Gasteiger charge is -2.16. The number of nitrogens with zero attached hydrogens (tertiary/aromatic N) is 4. The molecule has 0 aliphatic heterocycles. The molecule has 19 heavy (non-hydrogen) atoms. The first-order chi connectivity index (χ1) is 9.35. The Morgan fingerprint density at radius 1 is 1.32 bits per heavy atom. The van der Waals surface area contributed by atoms with Crippen molar-refractivity contribution in [1.29, 1.82) is 0 Å². The summed E-state index contributed by atoms with van der Waals surface area (Å²) in [6, 6.07) is 0.162. The van der Waals surface area contributed by atoms with Gasteiger partial charge in [-0.15, -0.1) is 0 Å². The van der Waals surface area contributed by atoms with E-state index in [1.54, 1.807) is 12.5 Å². The molecule has 2 rings (SSSR count). The Hall–Kier alpha value is -1.69. The standard InChI is InChI=1S/C13H22N6/c1-3-5-14-11(13-15-6-7-16-13)9-12-17-10-18-19(12)8-4-2/h6-7,10-11,14H,3-5,8-9H2,1-2H3,(H,15,16). The van der Waals surface area contributed by atoms with Crippen molar-refractivity contribution < 1.29 is 0 Å². The van der Waals surface area contributed by atoms with Crippen LogP contribution in [0.4, 0.5) is 0 Å². The highest BCUT2D eigenvalue weighted by Crippen LogP contribution is 2.13. The molecule has 0 aliphatic rings. The molecule has 0 aliphatic carbocycles. The monoisotopic (exact) mass is 262 g/mol.